The van der Waals surface area contributed by atoms with Crippen molar-refractivity contribution < 1.29 is 0 Å². The minimum absolute atomic E-state index is 0.245. The van der Waals surface area contributed by atoms with Crippen LogP contribution in [0.15, 0.2) is 6.20 Å². The first-order valence-electron chi connectivity index (χ1n) is 5.27. The summed E-state index contributed by atoms with van der Waals surface area (Å²) >= 11 is 6.35. The maximum atomic E-state index is 6.35. The van der Waals surface area contributed by atoms with Crippen molar-refractivity contribution >= 4 is 11.6 Å². The van der Waals surface area contributed by atoms with E-state index in [1.165, 1.54) is 19.3 Å². The summed E-state index contributed by atoms with van der Waals surface area (Å²) in [4.78, 5) is 0. The second-order valence-electron chi connectivity index (χ2n) is 4.08. The second kappa shape index (κ2) is 4.30. The number of halogens is 1. The molecule has 1 aromatic rings. The average Bonchev–Trinajstić information content (AvgIpc) is 2.46. The van der Waals surface area contributed by atoms with Crippen LogP contribution in [0.4, 0.5) is 0 Å². The highest BCUT2D eigenvalue weighted by Gasteiger charge is 2.25. The van der Waals surface area contributed by atoms with E-state index >= 15 is 0 Å². The number of hydrogen-bond acceptors (Lipinski definition) is 2. The van der Waals surface area contributed by atoms with Gasteiger partial charge in [-0.1, -0.05) is 24.5 Å². The van der Waals surface area contributed by atoms with E-state index in [1.807, 2.05) is 13.2 Å². The standard InChI is InChI=1S/C10H16ClN3/c1-14-7-10(12-13-14)8-5-3-2-4-6-9(8)11/h7-9H,2-6H2,1H3. The Morgan fingerprint density at radius 3 is 2.86 bits per heavy atom. The SMILES string of the molecule is Cn1cc(C2CCCCCC2Cl)nn1. The van der Waals surface area contributed by atoms with E-state index in [0.29, 0.717) is 5.92 Å². The Morgan fingerprint density at radius 1 is 1.36 bits per heavy atom. The molecule has 0 saturated heterocycles. The summed E-state index contributed by atoms with van der Waals surface area (Å²) in [5, 5.41) is 8.37. The normalized spacial score (nSPS) is 28.7. The summed E-state index contributed by atoms with van der Waals surface area (Å²) in [5.74, 6) is 0.410. The van der Waals surface area contributed by atoms with Crippen LogP contribution in [0.2, 0.25) is 0 Å². The van der Waals surface area contributed by atoms with Gasteiger partial charge < -0.3 is 0 Å². The summed E-state index contributed by atoms with van der Waals surface area (Å²) in [6.07, 6.45) is 8.09. The topological polar surface area (TPSA) is 30.7 Å². The first kappa shape index (κ1) is 9.97. The molecule has 3 nitrogen and oxygen atoms in total. The molecule has 1 aliphatic rings. The average molecular weight is 214 g/mol. The predicted molar refractivity (Wildman–Crippen MR) is 56.5 cm³/mol. The molecule has 0 aromatic carbocycles. The number of alkyl halides is 1. The zero-order valence-corrected chi connectivity index (χ0v) is 9.24. The molecule has 0 spiro atoms. The molecular weight excluding hydrogens is 198 g/mol. The van der Waals surface area contributed by atoms with Gasteiger partial charge in [0.25, 0.3) is 0 Å². The van der Waals surface area contributed by atoms with Gasteiger partial charge in [-0.2, -0.15) is 0 Å². The van der Waals surface area contributed by atoms with E-state index < -0.39 is 0 Å². The van der Waals surface area contributed by atoms with Crippen molar-refractivity contribution in [1.82, 2.24) is 15.0 Å². The van der Waals surface area contributed by atoms with Gasteiger partial charge >= 0.3 is 0 Å². The quantitative estimate of drug-likeness (QED) is 0.530. The Balaban J connectivity index is 2.14. The van der Waals surface area contributed by atoms with Gasteiger partial charge in [-0.15, -0.1) is 16.7 Å². The molecule has 0 radical (unpaired) electrons. The zero-order chi connectivity index (χ0) is 9.97. The predicted octanol–water partition coefficient (Wildman–Crippen LogP) is 2.47. The highest BCUT2D eigenvalue weighted by Crippen LogP contribution is 2.33. The maximum absolute atomic E-state index is 6.35. The van der Waals surface area contributed by atoms with E-state index in [1.54, 1.807) is 4.68 Å². The minimum atomic E-state index is 0.245. The van der Waals surface area contributed by atoms with Gasteiger partial charge in [0.05, 0.1) is 5.69 Å². The molecule has 2 atom stereocenters. The fraction of sp³-hybridized carbons (Fsp3) is 0.800. The van der Waals surface area contributed by atoms with E-state index in [2.05, 4.69) is 10.3 Å². The van der Waals surface area contributed by atoms with Crippen molar-refractivity contribution in [1.29, 1.82) is 0 Å². The van der Waals surface area contributed by atoms with Crippen LogP contribution in [0.25, 0.3) is 0 Å². The van der Waals surface area contributed by atoms with Crippen LogP contribution in [0.3, 0.4) is 0 Å². The van der Waals surface area contributed by atoms with Crippen LogP contribution < -0.4 is 0 Å². The molecule has 14 heavy (non-hydrogen) atoms. The molecule has 2 rings (SSSR count). The van der Waals surface area contributed by atoms with Crippen molar-refractivity contribution in [2.24, 2.45) is 7.05 Å². The van der Waals surface area contributed by atoms with Crippen LogP contribution in [-0.2, 0) is 7.05 Å². The Hall–Kier alpha value is -0.570. The molecule has 1 fully saturated rings. The smallest absolute Gasteiger partial charge is 0.0872 e. The van der Waals surface area contributed by atoms with Crippen LogP contribution in [0.1, 0.15) is 43.7 Å². The summed E-state index contributed by atoms with van der Waals surface area (Å²) in [6, 6.07) is 0. The number of aromatic nitrogens is 3. The van der Waals surface area contributed by atoms with Gasteiger partial charge in [0, 0.05) is 24.5 Å². The lowest BCUT2D eigenvalue weighted by Crippen LogP contribution is -2.11. The van der Waals surface area contributed by atoms with E-state index in [0.717, 1.165) is 18.5 Å². The Labute approximate surface area is 89.4 Å². The molecule has 78 valence electrons. The number of nitrogens with zero attached hydrogens (tertiary/aromatic N) is 3. The Bertz CT molecular complexity index is 297. The minimum Gasteiger partial charge on any atom is -0.255 e. The molecule has 0 amide bonds. The molecule has 0 N–H and O–H groups in total. The van der Waals surface area contributed by atoms with Crippen molar-refractivity contribution in [3.8, 4) is 0 Å². The highest BCUT2D eigenvalue weighted by molar-refractivity contribution is 6.21. The molecule has 1 heterocycles. The van der Waals surface area contributed by atoms with Gasteiger partial charge in [-0.05, 0) is 12.8 Å². The highest BCUT2D eigenvalue weighted by atomic mass is 35.5. The molecule has 1 saturated carbocycles. The zero-order valence-electron chi connectivity index (χ0n) is 8.49. The first-order valence-corrected chi connectivity index (χ1v) is 5.71. The summed E-state index contributed by atoms with van der Waals surface area (Å²) < 4.78 is 1.75. The number of rotatable bonds is 1. The molecule has 1 aliphatic carbocycles. The summed E-state index contributed by atoms with van der Waals surface area (Å²) in [5.41, 5.74) is 1.06. The third-order valence-corrected chi connectivity index (χ3v) is 3.45. The fourth-order valence-corrected chi connectivity index (χ4v) is 2.54. The van der Waals surface area contributed by atoms with Crippen molar-refractivity contribution in [2.75, 3.05) is 0 Å². The number of hydrogen-bond donors (Lipinski definition) is 0. The third kappa shape index (κ3) is 2.08. The maximum Gasteiger partial charge on any atom is 0.0872 e. The lowest BCUT2D eigenvalue weighted by atomic mass is 9.97. The monoisotopic (exact) mass is 213 g/mol. The Kier molecular flexibility index (Phi) is 3.06. The third-order valence-electron chi connectivity index (χ3n) is 2.93. The van der Waals surface area contributed by atoms with E-state index in [9.17, 15) is 0 Å². The van der Waals surface area contributed by atoms with Crippen LogP contribution in [0, 0.1) is 0 Å². The summed E-state index contributed by atoms with van der Waals surface area (Å²) in [7, 11) is 1.90. The van der Waals surface area contributed by atoms with E-state index in [4.69, 9.17) is 11.6 Å². The molecule has 4 heteroatoms. The molecule has 0 aliphatic heterocycles. The second-order valence-corrected chi connectivity index (χ2v) is 4.64. The van der Waals surface area contributed by atoms with Gasteiger partial charge in [0.1, 0.15) is 0 Å². The molecule has 1 aromatic heterocycles. The van der Waals surface area contributed by atoms with Gasteiger partial charge in [0.15, 0.2) is 0 Å². The van der Waals surface area contributed by atoms with Gasteiger partial charge in [0.2, 0.25) is 0 Å². The summed E-state index contributed by atoms with van der Waals surface area (Å²) in [6.45, 7) is 0. The lowest BCUT2D eigenvalue weighted by molar-refractivity contribution is 0.583. The van der Waals surface area contributed by atoms with Gasteiger partial charge in [-0.25, -0.2) is 0 Å². The van der Waals surface area contributed by atoms with Crippen LogP contribution in [-0.4, -0.2) is 20.4 Å². The Morgan fingerprint density at radius 2 is 2.14 bits per heavy atom. The molecule has 0 bridgehead atoms. The van der Waals surface area contributed by atoms with Crippen molar-refractivity contribution in [3.05, 3.63) is 11.9 Å². The van der Waals surface area contributed by atoms with Crippen LogP contribution >= 0.6 is 11.6 Å². The van der Waals surface area contributed by atoms with Crippen LogP contribution in [0.5, 0.6) is 0 Å². The van der Waals surface area contributed by atoms with Crippen molar-refractivity contribution in [3.63, 3.8) is 0 Å². The lowest BCUT2D eigenvalue weighted by Gasteiger charge is -2.16. The van der Waals surface area contributed by atoms with Crippen molar-refractivity contribution in [2.45, 2.75) is 43.4 Å². The largest absolute Gasteiger partial charge is 0.255 e. The number of aryl methyl sites for hydroxylation is 1. The fourth-order valence-electron chi connectivity index (χ4n) is 2.13. The van der Waals surface area contributed by atoms with Gasteiger partial charge in [-0.3, -0.25) is 4.68 Å². The molecular formula is C10H16ClN3. The first-order chi connectivity index (χ1) is 6.77. The molecule has 2 unspecified atom stereocenters. The van der Waals surface area contributed by atoms with E-state index in [-0.39, 0.29) is 5.38 Å².